The van der Waals surface area contributed by atoms with E-state index in [1.54, 1.807) is 30.9 Å². The van der Waals surface area contributed by atoms with Crippen molar-refractivity contribution in [2.24, 2.45) is 0 Å². The molecule has 0 atom stereocenters. The maximum absolute atomic E-state index is 13.6. The molecule has 5 aromatic rings. The van der Waals surface area contributed by atoms with Crippen molar-refractivity contribution in [2.45, 2.75) is 40.2 Å². The fraction of sp³-hybridized carbons (Fsp3) is 0.258. The van der Waals surface area contributed by atoms with Crippen LogP contribution in [0.25, 0.3) is 33.1 Å². The predicted molar refractivity (Wildman–Crippen MR) is 158 cm³/mol. The lowest BCUT2D eigenvalue weighted by Crippen LogP contribution is -2.29. The van der Waals surface area contributed by atoms with E-state index in [2.05, 4.69) is 15.7 Å². The van der Waals surface area contributed by atoms with Crippen molar-refractivity contribution < 1.29 is 19.1 Å². The first-order valence-electron chi connectivity index (χ1n) is 13.3. The zero-order chi connectivity index (χ0) is 28.2. The number of anilines is 1. The van der Waals surface area contributed by atoms with Crippen LogP contribution in [0.15, 0.2) is 60.7 Å². The number of hydrogen-bond acceptors (Lipinski definition) is 7. The van der Waals surface area contributed by atoms with Crippen molar-refractivity contribution in [3.8, 4) is 11.1 Å². The van der Waals surface area contributed by atoms with Gasteiger partial charge in [-0.2, -0.15) is 8.75 Å². The first kappa shape index (κ1) is 27.2. The molecule has 0 unspecified atom stereocenters. The fourth-order valence-corrected chi connectivity index (χ4v) is 5.52. The van der Waals surface area contributed by atoms with Gasteiger partial charge < -0.3 is 14.2 Å². The minimum absolute atomic E-state index is 0.0418. The van der Waals surface area contributed by atoms with Gasteiger partial charge in [-0.15, -0.1) is 0 Å². The van der Waals surface area contributed by atoms with Gasteiger partial charge in [-0.3, -0.25) is 9.59 Å². The van der Waals surface area contributed by atoms with E-state index in [1.165, 1.54) is 0 Å². The Morgan fingerprint density at radius 3 is 2.48 bits per heavy atom. The van der Waals surface area contributed by atoms with Crippen LogP contribution in [0.4, 0.5) is 5.69 Å². The lowest BCUT2D eigenvalue weighted by Gasteiger charge is -2.21. The quantitative estimate of drug-likeness (QED) is 0.144. The van der Waals surface area contributed by atoms with Crippen LogP contribution in [0.3, 0.4) is 0 Å². The maximum atomic E-state index is 13.6. The normalized spacial score (nSPS) is 11.2. The van der Waals surface area contributed by atoms with Crippen molar-refractivity contribution in [2.75, 3.05) is 18.1 Å². The largest absolute Gasteiger partial charge is 0.461 e. The van der Waals surface area contributed by atoms with Crippen molar-refractivity contribution in [1.29, 1.82) is 0 Å². The number of aldehydes is 1. The number of aromatic nitrogens is 3. The third-order valence-corrected chi connectivity index (χ3v) is 7.49. The molecular formula is C31H30N4O4S. The average Bonchev–Trinajstić information content (AvgIpc) is 3.55. The van der Waals surface area contributed by atoms with E-state index in [4.69, 9.17) is 4.74 Å². The molecule has 0 aliphatic rings. The van der Waals surface area contributed by atoms with E-state index < -0.39 is 5.97 Å². The van der Waals surface area contributed by atoms with E-state index in [-0.39, 0.29) is 12.5 Å². The maximum Gasteiger partial charge on any atom is 0.355 e. The summed E-state index contributed by atoms with van der Waals surface area (Å²) in [6.45, 7) is 6.67. The van der Waals surface area contributed by atoms with Crippen LogP contribution < -0.4 is 4.90 Å². The van der Waals surface area contributed by atoms with E-state index in [1.807, 2.05) is 53.1 Å². The van der Waals surface area contributed by atoms with Gasteiger partial charge in [-0.25, -0.2) is 4.79 Å². The van der Waals surface area contributed by atoms with Gasteiger partial charge in [0.1, 0.15) is 23.0 Å². The first-order valence-corrected chi connectivity index (χ1v) is 14.1. The van der Waals surface area contributed by atoms with Crippen LogP contribution in [0.5, 0.6) is 0 Å². The number of carbonyl (C=O) groups excluding carboxylic acids is 3. The molecule has 2 heterocycles. The molecular weight excluding hydrogens is 524 g/mol. The van der Waals surface area contributed by atoms with Crippen molar-refractivity contribution in [3.05, 3.63) is 77.5 Å². The highest BCUT2D eigenvalue weighted by atomic mass is 32.1. The van der Waals surface area contributed by atoms with Crippen LogP contribution in [0.1, 0.15) is 60.0 Å². The number of benzene rings is 3. The number of unbranched alkanes of at least 4 members (excludes halogenated alkanes) is 1. The molecule has 9 heteroatoms. The molecule has 1 amide bonds. The Labute approximate surface area is 236 Å². The molecule has 0 spiro atoms. The number of ether oxygens (including phenoxy) is 1. The highest BCUT2D eigenvalue weighted by Gasteiger charge is 2.26. The zero-order valence-electron chi connectivity index (χ0n) is 22.7. The van der Waals surface area contributed by atoms with Gasteiger partial charge >= 0.3 is 5.97 Å². The molecule has 204 valence electrons. The van der Waals surface area contributed by atoms with Gasteiger partial charge in [0.2, 0.25) is 5.91 Å². The van der Waals surface area contributed by atoms with Crippen molar-refractivity contribution >= 4 is 57.5 Å². The molecule has 2 aromatic heterocycles. The van der Waals surface area contributed by atoms with Gasteiger partial charge in [0.25, 0.3) is 0 Å². The third-order valence-electron chi connectivity index (χ3n) is 6.94. The van der Waals surface area contributed by atoms with Crippen LogP contribution in [-0.4, -0.2) is 44.6 Å². The molecule has 0 saturated heterocycles. The minimum Gasteiger partial charge on any atom is -0.461 e. The molecule has 0 saturated carbocycles. The summed E-state index contributed by atoms with van der Waals surface area (Å²) in [4.78, 5) is 39.3. The van der Waals surface area contributed by atoms with Gasteiger partial charge in [0.05, 0.1) is 18.3 Å². The van der Waals surface area contributed by atoms with Gasteiger partial charge in [-0.1, -0.05) is 43.7 Å². The number of amides is 1. The minimum atomic E-state index is -0.444. The summed E-state index contributed by atoms with van der Waals surface area (Å²) in [5.41, 5.74) is 6.61. The first-order chi connectivity index (χ1) is 19.4. The van der Waals surface area contributed by atoms with E-state index in [0.717, 1.165) is 69.6 Å². The zero-order valence-corrected chi connectivity index (χ0v) is 23.5. The summed E-state index contributed by atoms with van der Waals surface area (Å²) in [5, 5.41) is 0.818. The molecule has 0 aliphatic carbocycles. The summed E-state index contributed by atoms with van der Waals surface area (Å²) >= 11 is 1.16. The highest BCUT2D eigenvalue weighted by molar-refractivity contribution is 7.00. The summed E-state index contributed by atoms with van der Waals surface area (Å²) in [5.74, 6) is -0.486. The van der Waals surface area contributed by atoms with E-state index in [0.29, 0.717) is 29.9 Å². The average molecular weight is 555 g/mol. The monoisotopic (exact) mass is 554 g/mol. The Hall–Kier alpha value is -4.37. The number of fused-ring (bicyclic) bond motifs is 2. The second-order valence-electron chi connectivity index (χ2n) is 9.58. The Bertz CT molecular complexity index is 1700. The Kier molecular flexibility index (Phi) is 8.02. The molecule has 8 nitrogen and oxygen atoms in total. The number of nitrogens with zero attached hydrogens (tertiary/aromatic N) is 4. The summed E-state index contributed by atoms with van der Waals surface area (Å²) < 4.78 is 16.2. The van der Waals surface area contributed by atoms with Crippen molar-refractivity contribution in [3.63, 3.8) is 0 Å². The Morgan fingerprint density at radius 1 is 1.00 bits per heavy atom. The summed E-state index contributed by atoms with van der Waals surface area (Å²) in [6.07, 6.45) is 2.63. The number of hydrogen-bond donors (Lipinski definition) is 0. The summed E-state index contributed by atoms with van der Waals surface area (Å²) in [6, 6.07) is 18.9. The van der Waals surface area contributed by atoms with E-state index in [9.17, 15) is 14.4 Å². The van der Waals surface area contributed by atoms with Crippen molar-refractivity contribution in [1.82, 2.24) is 13.3 Å². The molecule has 0 N–H and O–H groups in total. The number of esters is 1. The van der Waals surface area contributed by atoms with Crippen LogP contribution in [-0.2, 0) is 16.1 Å². The molecule has 3 aromatic carbocycles. The molecule has 0 radical (unpaired) electrons. The summed E-state index contributed by atoms with van der Waals surface area (Å²) in [7, 11) is 0. The molecule has 0 bridgehead atoms. The Morgan fingerprint density at radius 2 is 1.77 bits per heavy atom. The Balaban J connectivity index is 1.77. The van der Waals surface area contributed by atoms with Crippen LogP contribution in [0.2, 0.25) is 0 Å². The second kappa shape index (κ2) is 11.8. The predicted octanol–water partition coefficient (Wildman–Crippen LogP) is 6.50. The van der Waals surface area contributed by atoms with Crippen LogP contribution in [0, 0.1) is 0 Å². The van der Waals surface area contributed by atoms with Gasteiger partial charge in [-0.05, 0) is 54.8 Å². The number of rotatable bonds is 10. The molecule has 0 aliphatic heterocycles. The van der Waals surface area contributed by atoms with Gasteiger partial charge in [0.15, 0.2) is 0 Å². The third kappa shape index (κ3) is 5.24. The molecule has 0 fully saturated rings. The number of carbonyl (C=O) groups is 3. The SMILES string of the molecule is CCCCN(C(C)=O)c1ccc2c(c1)c(-c1ccc(C=O)cc1)c(C(=O)OCC)n2Cc1ccc2nsnc2c1. The fourth-order valence-electron chi connectivity index (χ4n) is 5.00. The highest BCUT2D eigenvalue weighted by Crippen LogP contribution is 2.38. The van der Waals surface area contributed by atoms with Gasteiger partial charge in [0, 0.05) is 47.7 Å². The topological polar surface area (TPSA) is 94.4 Å². The van der Waals surface area contributed by atoms with E-state index >= 15 is 0 Å². The van der Waals surface area contributed by atoms with Crippen LogP contribution >= 0.6 is 11.7 Å². The lowest BCUT2D eigenvalue weighted by atomic mass is 10.00. The lowest BCUT2D eigenvalue weighted by molar-refractivity contribution is -0.116. The standard InChI is InChI=1S/C31H30N4O4S/c1-4-6-15-34(20(3)37)24-12-14-28-25(17-24)29(23-10-7-21(19-36)8-11-23)30(31(38)39-5-2)35(28)18-22-9-13-26-27(16-22)33-40-32-26/h7-14,16-17,19H,4-6,15,18H2,1-3H3. The molecule has 40 heavy (non-hydrogen) atoms. The second-order valence-corrected chi connectivity index (χ2v) is 10.1. The molecule has 5 rings (SSSR count). The smallest absolute Gasteiger partial charge is 0.355 e.